The molecular formula is C13H23Br. The molecule has 1 aliphatic rings. The predicted molar refractivity (Wildman–Crippen MR) is 67.8 cm³/mol. The molecule has 14 heavy (non-hydrogen) atoms. The maximum atomic E-state index is 3.59. The van der Waals surface area contributed by atoms with Crippen LogP contribution in [0.2, 0.25) is 0 Å². The second kappa shape index (κ2) is 5.95. The van der Waals surface area contributed by atoms with E-state index in [0.29, 0.717) is 5.92 Å². The lowest BCUT2D eigenvalue weighted by atomic mass is 9.81. The molecule has 0 radical (unpaired) electrons. The number of rotatable bonds is 3. The van der Waals surface area contributed by atoms with Crippen LogP contribution in [0, 0.1) is 17.8 Å². The summed E-state index contributed by atoms with van der Waals surface area (Å²) in [4.78, 5) is 0. The van der Waals surface area contributed by atoms with E-state index in [-0.39, 0.29) is 0 Å². The highest BCUT2D eigenvalue weighted by Gasteiger charge is 2.17. The molecule has 0 spiro atoms. The molecule has 0 saturated heterocycles. The van der Waals surface area contributed by atoms with Gasteiger partial charge in [0, 0.05) is 5.33 Å². The lowest BCUT2D eigenvalue weighted by Crippen LogP contribution is -2.11. The quantitative estimate of drug-likeness (QED) is 0.505. The summed E-state index contributed by atoms with van der Waals surface area (Å²) in [6.45, 7) is 6.96. The van der Waals surface area contributed by atoms with Crippen molar-refractivity contribution in [3.63, 3.8) is 0 Å². The van der Waals surface area contributed by atoms with Crippen LogP contribution < -0.4 is 0 Å². The number of allylic oxidation sites excluding steroid dienone is 2. The Balaban J connectivity index is 2.49. The summed E-state index contributed by atoms with van der Waals surface area (Å²) in [5.74, 6) is 2.53. The predicted octanol–water partition coefficient (Wildman–Crippen LogP) is 4.79. The van der Waals surface area contributed by atoms with Gasteiger partial charge in [-0.25, -0.2) is 0 Å². The molecule has 0 bridgehead atoms. The number of alkyl halides is 1. The molecule has 0 N–H and O–H groups in total. The highest BCUT2D eigenvalue weighted by Crippen LogP contribution is 2.30. The third kappa shape index (κ3) is 3.76. The molecule has 0 amide bonds. The van der Waals surface area contributed by atoms with Crippen molar-refractivity contribution in [2.45, 2.75) is 46.5 Å². The molecule has 1 fully saturated rings. The molecule has 1 aliphatic carbocycles. The Bertz CT molecular complexity index is 185. The molecule has 0 aromatic carbocycles. The van der Waals surface area contributed by atoms with Crippen LogP contribution >= 0.6 is 15.9 Å². The summed E-state index contributed by atoms with van der Waals surface area (Å²) in [6.07, 6.45) is 8.20. The van der Waals surface area contributed by atoms with Gasteiger partial charge in [0.2, 0.25) is 0 Å². The van der Waals surface area contributed by atoms with Crippen molar-refractivity contribution < 1.29 is 0 Å². The first kappa shape index (κ1) is 12.3. The molecular weight excluding hydrogens is 236 g/mol. The summed E-state index contributed by atoms with van der Waals surface area (Å²) >= 11 is 3.59. The number of halogens is 1. The van der Waals surface area contributed by atoms with Crippen molar-refractivity contribution in [2.75, 3.05) is 5.33 Å². The van der Waals surface area contributed by atoms with E-state index in [1.54, 1.807) is 5.57 Å². The van der Waals surface area contributed by atoms with E-state index >= 15 is 0 Å². The normalized spacial score (nSPS) is 29.6. The Morgan fingerprint density at radius 1 is 1.29 bits per heavy atom. The third-order valence-corrected chi connectivity index (χ3v) is 4.05. The lowest BCUT2D eigenvalue weighted by molar-refractivity contribution is 0.329. The van der Waals surface area contributed by atoms with Gasteiger partial charge in [-0.05, 0) is 30.6 Å². The summed E-state index contributed by atoms with van der Waals surface area (Å²) in [5, 5.41) is 1.05. The van der Waals surface area contributed by atoms with Crippen LogP contribution in [0.1, 0.15) is 46.5 Å². The smallest absolute Gasteiger partial charge is 0.0244 e. The van der Waals surface area contributed by atoms with Gasteiger partial charge < -0.3 is 0 Å². The zero-order valence-corrected chi connectivity index (χ0v) is 11.3. The van der Waals surface area contributed by atoms with E-state index in [2.05, 4.69) is 42.8 Å². The summed E-state index contributed by atoms with van der Waals surface area (Å²) < 4.78 is 0. The van der Waals surface area contributed by atoms with Crippen molar-refractivity contribution >= 4 is 15.9 Å². The van der Waals surface area contributed by atoms with Gasteiger partial charge in [-0.2, -0.15) is 0 Å². The molecule has 82 valence electrons. The average Bonchev–Trinajstić information content (AvgIpc) is 2.16. The fraction of sp³-hybridized carbons (Fsp3) is 0.846. The van der Waals surface area contributed by atoms with E-state index in [4.69, 9.17) is 0 Å². The first-order chi connectivity index (χ1) is 6.63. The van der Waals surface area contributed by atoms with E-state index in [9.17, 15) is 0 Å². The molecule has 0 atom stereocenters. The Morgan fingerprint density at radius 3 is 2.29 bits per heavy atom. The molecule has 0 aromatic rings. The molecule has 1 heteroatoms. The zero-order valence-electron chi connectivity index (χ0n) is 9.72. The number of hydrogen-bond donors (Lipinski definition) is 0. The molecule has 0 aliphatic heterocycles. The van der Waals surface area contributed by atoms with Crippen LogP contribution in [0.5, 0.6) is 0 Å². The molecule has 0 aromatic heterocycles. The van der Waals surface area contributed by atoms with Gasteiger partial charge in [-0.3, -0.25) is 0 Å². The Morgan fingerprint density at radius 2 is 1.86 bits per heavy atom. The lowest BCUT2D eigenvalue weighted by Gasteiger charge is -2.25. The SMILES string of the molecule is CC1CCC(C=C(CBr)C(C)C)CC1. The van der Waals surface area contributed by atoms with E-state index in [0.717, 1.165) is 17.2 Å². The topological polar surface area (TPSA) is 0 Å². The van der Waals surface area contributed by atoms with Crippen LogP contribution in [0.15, 0.2) is 11.6 Å². The summed E-state index contributed by atoms with van der Waals surface area (Å²) in [5.41, 5.74) is 1.59. The summed E-state index contributed by atoms with van der Waals surface area (Å²) in [7, 11) is 0. The molecule has 0 heterocycles. The minimum atomic E-state index is 0.703. The average molecular weight is 259 g/mol. The first-order valence-electron chi connectivity index (χ1n) is 5.90. The number of hydrogen-bond acceptors (Lipinski definition) is 0. The van der Waals surface area contributed by atoms with Crippen LogP contribution in [0.25, 0.3) is 0 Å². The van der Waals surface area contributed by atoms with Crippen LogP contribution in [-0.4, -0.2) is 5.33 Å². The van der Waals surface area contributed by atoms with Gasteiger partial charge in [-0.1, -0.05) is 61.2 Å². The van der Waals surface area contributed by atoms with Crippen LogP contribution in [0.4, 0.5) is 0 Å². The zero-order chi connectivity index (χ0) is 10.6. The van der Waals surface area contributed by atoms with Gasteiger partial charge in [0.1, 0.15) is 0 Å². The van der Waals surface area contributed by atoms with Gasteiger partial charge in [0.25, 0.3) is 0 Å². The van der Waals surface area contributed by atoms with E-state index in [1.165, 1.54) is 25.7 Å². The maximum absolute atomic E-state index is 3.59. The van der Waals surface area contributed by atoms with Gasteiger partial charge in [-0.15, -0.1) is 0 Å². The molecule has 1 rings (SSSR count). The second-order valence-corrected chi connectivity index (χ2v) is 5.61. The fourth-order valence-corrected chi connectivity index (χ4v) is 2.98. The van der Waals surface area contributed by atoms with E-state index < -0.39 is 0 Å². The third-order valence-electron chi connectivity index (χ3n) is 3.41. The minimum Gasteiger partial charge on any atom is -0.0880 e. The highest BCUT2D eigenvalue weighted by atomic mass is 79.9. The fourth-order valence-electron chi connectivity index (χ4n) is 2.15. The standard InChI is InChI=1S/C13H23Br/c1-10(2)13(9-14)8-12-6-4-11(3)5-7-12/h8,10-12H,4-7,9H2,1-3H3. The monoisotopic (exact) mass is 258 g/mol. The first-order valence-corrected chi connectivity index (χ1v) is 7.02. The molecule has 0 nitrogen and oxygen atoms in total. The van der Waals surface area contributed by atoms with Crippen LogP contribution in [-0.2, 0) is 0 Å². The molecule has 0 unspecified atom stereocenters. The van der Waals surface area contributed by atoms with Crippen molar-refractivity contribution in [1.29, 1.82) is 0 Å². The van der Waals surface area contributed by atoms with Crippen molar-refractivity contribution in [2.24, 2.45) is 17.8 Å². The van der Waals surface area contributed by atoms with Crippen molar-refractivity contribution in [3.05, 3.63) is 11.6 Å². The van der Waals surface area contributed by atoms with E-state index in [1.807, 2.05) is 0 Å². The molecule has 1 saturated carbocycles. The van der Waals surface area contributed by atoms with Gasteiger partial charge >= 0.3 is 0 Å². The van der Waals surface area contributed by atoms with Gasteiger partial charge in [0.05, 0.1) is 0 Å². The highest BCUT2D eigenvalue weighted by molar-refractivity contribution is 9.09. The Hall–Kier alpha value is 0.220. The Labute approximate surface area is 97.3 Å². The van der Waals surface area contributed by atoms with Gasteiger partial charge in [0.15, 0.2) is 0 Å². The summed E-state index contributed by atoms with van der Waals surface area (Å²) in [6, 6.07) is 0. The van der Waals surface area contributed by atoms with Crippen molar-refractivity contribution in [3.8, 4) is 0 Å². The second-order valence-electron chi connectivity index (χ2n) is 5.05. The largest absolute Gasteiger partial charge is 0.0880 e. The minimum absolute atomic E-state index is 0.703. The maximum Gasteiger partial charge on any atom is 0.0244 e. The van der Waals surface area contributed by atoms with Crippen molar-refractivity contribution in [1.82, 2.24) is 0 Å². The Kier molecular flexibility index (Phi) is 5.22. The van der Waals surface area contributed by atoms with Crippen LogP contribution in [0.3, 0.4) is 0 Å².